The van der Waals surface area contributed by atoms with Crippen LogP contribution < -0.4 is 15.2 Å². The van der Waals surface area contributed by atoms with Crippen molar-refractivity contribution in [1.29, 1.82) is 0 Å². The van der Waals surface area contributed by atoms with Gasteiger partial charge in [0.05, 0.1) is 7.11 Å². The molecule has 114 valence electrons. The summed E-state index contributed by atoms with van der Waals surface area (Å²) in [5.74, 6) is -1.84. The third-order valence-electron chi connectivity index (χ3n) is 4.10. The van der Waals surface area contributed by atoms with Crippen LogP contribution in [0.15, 0.2) is 18.2 Å². The van der Waals surface area contributed by atoms with Gasteiger partial charge in [-0.2, -0.15) is 0 Å². The SMILES string of the molecule is COc1ccc(NC(=O)[C@H]2CCCC[C@@H]2C(=O)[O-])c(C)c1. The Labute approximate surface area is 124 Å². The summed E-state index contributed by atoms with van der Waals surface area (Å²) in [6.07, 6.45) is 2.83. The van der Waals surface area contributed by atoms with Gasteiger partial charge in [0.25, 0.3) is 0 Å². The van der Waals surface area contributed by atoms with Crippen molar-refractivity contribution in [3.05, 3.63) is 23.8 Å². The van der Waals surface area contributed by atoms with Gasteiger partial charge < -0.3 is 20.0 Å². The first-order chi connectivity index (χ1) is 10.0. The Balaban J connectivity index is 2.11. The number of carbonyl (C=O) groups excluding carboxylic acids is 2. The summed E-state index contributed by atoms with van der Waals surface area (Å²) in [5.41, 5.74) is 1.56. The molecule has 5 heteroatoms. The summed E-state index contributed by atoms with van der Waals surface area (Å²) >= 11 is 0. The average Bonchev–Trinajstić information content (AvgIpc) is 2.49. The third-order valence-corrected chi connectivity index (χ3v) is 4.10. The molecular weight excluding hydrogens is 270 g/mol. The van der Waals surface area contributed by atoms with Gasteiger partial charge in [-0.15, -0.1) is 0 Å². The van der Waals surface area contributed by atoms with E-state index in [-0.39, 0.29) is 5.91 Å². The summed E-state index contributed by atoms with van der Waals surface area (Å²) in [7, 11) is 1.58. The highest BCUT2D eigenvalue weighted by Gasteiger charge is 2.31. The van der Waals surface area contributed by atoms with Crippen LogP contribution in [0.2, 0.25) is 0 Å². The maximum atomic E-state index is 12.4. The Kier molecular flexibility index (Phi) is 4.83. The Hall–Kier alpha value is -2.04. The molecule has 0 heterocycles. The molecule has 1 aliphatic rings. The number of hydrogen-bond acceptors (Lipinski definition) is 4. The fraction of sp³-hybridized carbons (Fsp3) is 0.500. The van der Waals surface area contributed by atoms with Crippen LogP contribution in [0.3, 0.4) is 0 Å². The van der Waals surface area contributed by atoms with Crippen molar-refractivity contribution in [3.8, 4) is 5.75 Å². The molecule has 0 spiro atoms. The number of benzene rings is 1. The van der Waals surface area contributed by atoms with Crippen LogP contribution in [-0.4, -0.2) is 19.0 Å². The smallest absolute Gasteiger partial charge is 0.228 e. The van der Waals surface area contributed by atoms with Crippen molar-refractivity contribution in [2.75, 3.05) is 12.4 Å². The molecule has 2 atom stereocenters. The van der Waals surface area contributed by atoms with E-state index >= 15 is 0 Å². The van der Waals surface area contributed by atoms with Crippen LogP contribution in [0.5, 0.6) is 5.75 Å². The van der Waals surface area contributed by atoms with Crippen molar-refractivity contribution in [2.24, 2.45) is 11.8 Å². The predicted molar refractivity (Wildman–Crippen MR) is 76.8 cm³/mol. The average molecular weight is 290 g/mol. The van der Waals surface area contributed by atoms with E-state index in [1.54, 1.807) is 19.2 Å². The minimum Gasteiger partial charge on any atom is -0.550 e. The molecule has 1 amide bonds. The lowest BCUT2D eigenvalue weighted by Gasteiger charge is -2.31. The third kappa shape index (κ3) is 3.54. The number of aliphatic carboxylic acids is 1. The van der Waals surface area contributed by atoms with E-state index in [1.165, 1.54) is 0 Å². The summed E-state index contributed by atoms with van der Waals surface area (Å²) in [4.78, 5) is 23.5. The van der Waals surface area contributed by atoms with Gasteiger partial charge >= 0.3 is 0 Å². The van der Waals surface area contributed by atoms with Crippen LogP contribution in [0, 0.1) is 18.8 Å². The molecule has 1 aromatic rings. The summed E-state index contributed by atoms with van der Waals surface area (Å²) in [6, 6.07) is 5.36. The number of methoxy groups -OCH3 is 1. The summed E-state index contributed by atoms with van der Waals surface area (Å²) in [5, 5.41) is 14.0. The van der Waals surface area contributed by atoms with Crippen molar-refractivity contribution in [3.63, 3.8) is 0 Å². The van der Waals surface area contributed by atoms with E-state index < -0.39 is 17.8 Å². The molecular formula is C16H20NO4-. The lowest BCUT2D eigenvalue weighted by atomic mass is 9.78. The van der Waals surface area contributed by atoms with E-state index in [0.29, 0.717) is 18.5 Å². The largest absolute Gasteiger partial charge is 0.550 e. The molecule has 1 N–H and O–H groups in total. The molecule has 2 rings (SSSR count). The van der Waals surface area contributed by atoms with Gasteiger partial charge in [-0.05, 0) is 43.5 Å². The van der Waals surface area contributed by atoms with Crippen LogP contribution in [-0.2, 0) is 9.59 Å². The zero-order chi connectivity index (χ0) is 15.4. The first-order valence-corrected chi connectivity index (χ1v) is 7.19. The number of nitrogens with one attached hydrogen (secondary N) is 1. The van der Waals surface area contributed by atoms with Crippen LogP contribution in [0.1, 0.15) is 31.2 Å². The minimum absolute atomic E-state index is 0.239. The van der Waals surface area contributed by atoms with E-state index in [1.807, 2.05) is 13.0 Å². The second-order valence-electron chi connectivity index (χ2n) is 5.49. The van der Waals surface area contributed by atoms with Crippen molar-refractivity contribution in [2.45, 2.75) is 32.6 Å². The molecule has 21 heavy (non-hydrogen) atoms. The minimum atomic E-state index is -1.12. The zero-order valence-electron chi connectivity index (χ0n) is 12.3. The number of aryl methyl sites for hydroxylation is 1. The van der Waals surface area contributed by atoms with Crippen LogP contribution in [0.4, 0.5) is 5.69 Å². The van der Waals surface area contributed by atoms with Crippen molar-refractivity contribution >= 4 is 17.6 Å². The van der Waals surface area contributed by atoms with Gasteiger partial charge in [-0.25, -0.2) is 0 Å². The van der Waals surface area contributed by atoms with E-state index in [2.05, 4.69) is 5.32 Å². The predicted octanol–water partition coefficient (Wildman–Crippen LogP) is 1.50. The second-order valence-corrected chi connectivity index (χ2v) is 5.49. The molecule has 5 nitrogen and oxygen atoms in total. The molecule has 0 bridgehead atoms. The van der Waals surface area contributed by atoms with Crippen LogP contribution in [0.25, 0.3) is 0 Å². The number of carbonyl (C=O) groups is 2. The quantitative estimate of drug-likeness (QED) is 0.911. The Bertz CT molecular complexity index is 541. The number of amides is 1. The fourth-order valence-electron chi connectivity index (χ4n) is 2.86. The van der Waals surface area contributed by atoms with Crippen LogP contribution >= 0.6 is 0 Å². The Morgan fingerprint density at radius 3 is 2.48 bits per heavy atom. The highest BCUT2D eigenvalue weighted by Crippen LogP contribution is 2.31. The maximum Gasteiger partial charge on any atom is 0.228 e. The van der Waals surface area contributed by atoms with Gasteiger partial charge in [-0.1, -0.05) is 12.8 Å². The normalized spacial score (nSPS) is 21.6. The Morgan fingerprint density at radius 1 is 1.24 bits per heavy atom. The van der Waals surface area contributed by atoms with Crippen molar-refractivity contribution in [1.82, 2.24) is 0 Å². The lowest BCUT2D eigenvalue weighted by Crippen LogP contribution is -2.42. The second kappa shape index (κ2) is 6.61. The number of hydrogen-bond donors (Lipinski definition) is 1. The molecule has 1 aromatic carbocycles. The molecule has 0 aliphatic heterocycles. The standard InChI is InChI=1S/C16H21NO4/c1-10-9-11(21-2)7-8-14(10)17-15(18)12-5-3-4-6-13(12)16(19)20/h7-9,12-13H,3-6H2,1-2H3,(H,17,18)(H,19,20)/p-1/t12-,13-/m0/s1. The molecule has 0 aromatic heterocycles. The maximum absolute atomic E-state index is 12.4. The molecule has 0 radical (unpaired) electrons. The molecule has 1 saturated carbocycles. The van der Waals surface area contributed by atoms with E-state index in [4.69, 9.17) is 4.74 Å². The number of carboxylic acids is 1. The van der Waals surface area contributed by atoms with E-state index in [0.717, 1.165) is 24.2 Å². The number of rotatable bonds is 4. The highest BCUT2D eigenvalue weighted by atomic mass is 16.5. The number of anilines is 1. The van der Waals surface area contributed by atoms with Gasteiger partial charge in [-0.3, -0.25) is 4.79 Å². The number of carboxylic acid groups (broad SMARTS) is 1. The fourth-order valence-corrected chi connectivity index (χ4v) is 2.86. The Morgan fingerprint density at radius 2 is 1.90 bits per heavy atom. The first-order valence-electron chi connectivity index (χ1n) is 7.19. The van der Waals surface area contributed by atoms with Crippen molar-refractivity contribution < 1.29 is 19.4 Å². The molecule has 1 fully saturated rings. The van der Waals surface area contributed by atoms with Gasteiger partial charge in [0, 0.05) is 23.5 Å². The highest BCUT2D eigenvalue weighted by molar-refractivity contribution is 5.95. The summed E-state index contributed by atoms with van der Waals surface area (Å²) < 4.78 is 5.12. The monoisotopic (exact) mass is 290 g/mol. The number of ether oxygens (including phenoxy) is 1. The topological polar surface area (TPSA) is 78.5 Å². The zero-order valence-corrected chi connectivity index (χ0v) is 12.3. The first kappa shape index (κ1) is 15.4. The molecule has 1 aliphatic carbocycles. The van der Waals surface area contributed by atoms with Gasteiger partial charge in [0.15, 0.2) is 0 Å². The van der Waals surface area contributed by atoms with Gasteiger partial charge in [0.1, 0.15) is 5.75 Å². The lowest BCUT2D eigenvalue weighted by molar-refractivity contribution is -0.313. The van der Waals surface area contributed by atoms with E-state index in [9.17, 15) is 14.7 Å². The van der Waals surface area contributed by atoms with Gasteiger partial charge in [0.2, 0.25) is 5.91 Å². The molecule has 0 saturated heterocycles. The summed E-state index contributed by atoms with van der Waals surface area (Å²) in [6.45, 7) is 1.87. The molecule has 0 unspecified atom stereocenters.